The minimum absolute atomic E-state index is 0.0709. The van der Waals surface area contributed by atoms with Crippen molar-refractivity contribution in [2.24, 2.45) is 11.8 Å². The zero-order chi connectivity index (χ0) is 22.4. The van der Waals surface area contributed by atoms with Crippen LogP contribution in [-0.2, 0) is 11.3 Å². The first-order valence-corrected chi connectivity index (χ1v) is 10.9. The minimum Gasteiger partial charge on any atom is -0.396 e. The van der Waals surface area contributed by atoms with Crippen molar-refractivity contribution >= 4 is 22.9 Å². The molecule has 0 bridgehead atoms. The highest BCUT2D eigenvalue weighted by atomic mass is 19.1. The van der Waals surface area contributed by atoms with Crippen molar-refractivity contribution in [3.8, 4) is 5.69 Å². The second-order valence-electron chi connectivity index (χ2n) is 8.40. The fourth-order valence-electron chi connectivity index (χ4n) is 4.80. The number of aliphatic hydroxyl groups is 1. The van der Waals surface area contributed by atoms with Gasteiger partial charge in [-0.2, -0.15) is 15.1 Å². The van der Waals surface area contributed by atoms with Gasteiger partial charge in [-0.3, -0.25) is 0 Å². The van der Waals surface area contributed by atoms with Gasteiger partial charge < -0.3 is 25.0 Å². The Morgan fingerprint density at radius 2 is 2.18 bits per heavy atom. The topological polar surface area (TPSA) is 117 Å². The standard InChI is InChI=1S/C22H23FN8O2/c23-16-3-1-4-17(31-6-2-5-27-31)14(16)7-24-22-28-20-19(25-12-26-20)21(29-22)30-8-15-13(10-32)11-33-18(15)9-30/h1-6,12-13,15,18,32H,7-11H2,(H2,24,25,26,28,29)/t13-,15-,18-/m1/s1. The molecule has 0 radical (unpaired) electrons. The van der Waals surface area contributed by atoms with E-state index >= 15 is 0 Å². The molecule has 0 unspecified atom stereocenters. The number of halogens is 1. The van der Waals surface area contributed by atoms with E-state index in [2.05, 4.69) is 30.3 Å². The molecule has 0 spiro atoms. The van der Waals surface area contributed by atoms with Crippen LogP contribution in [0.25, 0.3) is 16.9 Å². The second kappa shape index (κ2) is 8.09. The van der Waals surface area contributed by atoms with Gasteiger partial charge >= 0.3 is 0 Å². The van der Waals surface area contributed by atoms with Crippen molar-refractivity contribution in [3.63, 3.8) is 0 Å². The fraction of sp³-hybridized carbons (Fsp3) is 0.364. The SMILES string of the molecule is OC[C@@H]1CO[C@@H]2CN(c3nc(NCc4c(F)cccc4-n4cccn4)nc4nc[nH]c34)C[C@H]12. The molecule has 3 atom stereocenters. The molecule has 170 valence electrons. The number of rotatable bonds is 6. The fourth-order valence-corrected chi connectivity index (χ4v) is 4.80. The molecule has 10 nitrogen and oxygen atoms in total. The van der Waals surface area contributed by atoms with Gasteiger partial charge in [0.05, 0.1) is 24.7 Å². The third-order valence-electron chi connectivity index (χ3n) is 6.51. The molecule has 2 fully saturated rings. The van der Waals surface area contributed by atoms with Crippen LogP contribution in [0.2, 0.25) is 0 Å². The van der Waals surface area contributed by atoms with Gasteiger partial charge in [0.15, 0.2) is 11.5 Å². The maximum Gasteiger partial charge on any atom is 0.227 e. The van der Waals surface area contributed by atoms with Gasteiger partial charge in [0.25, 0.3) is 0 Å². The Labute approximate surface area is 188 Å². The van der Waals surface area contributed by atoms with Crippen molar-refractivity contribution in [2.45, 2.75) is 12.6 Å². The number of imidazole rings is 1. The first kappa shape index (κ1) is 20.1. The highest BCUT2D eigenvalue weighted by molar-refractivity contribution is 5.84. The van der Waals surface area contributed by atoms with Gasteiger partial charge in [-0.15, -0.1) is 0 Å². The molecule has 2 aliphatic rings. The predicted molar refractivity (Wildman–Crippen MR) is 119 cm³/mol. The van der Waals surface area contributed by atoms with E-state index in [0.717, 1.165) is 17.9 Å². The molecule has 2 saturated heterocycles. The Morgan fingerprint density at radius 3 is 3.03 bits per heavy atom. The number of ether oxygens (including phenoxy) is 1. The van der Waals surface area contributed by atoms with Crippen LogP contribution in [0, 0.1) is 17.7 Å². The van der Waals surface area contributed by atoms with Crippen LogP contribution < -0.4 is 10.2 Å². The van der Waals surface area contributed by atoms with Crippen LogP contribution in [0.1, 0.15) is 5.56 Å². The summed E-state index contributed by atoms with van der Waals surface area (Å²) in [6.45, 7) is 2.31. The number of hydrogen-bond donors (Lipinski definition) is 3. The molecule has 1 aromatic carbocycles. The van der Waals surface area contributed by atoms with E-state index in [9.17, 15) is 9.50 Å². The largest absolute Gasteiger partial charge is 0.396 e. The van der Waals surface area contributed by atoms with E-state index in [1.165, 1.54) is 6.07 Å². The maximum atomic E-state index is 14.7. The molecule has 0 saturated carbocycles. The Kier molecular flexibility index (Phi) is 4.92. The summed E-state index contributed by atoms with van der Waals surface area (Å²) >= 11 is 0. The summed E-state index contributed by atoms with van der Waals surface area (Å²) in [5.74, 6) is 1.13. The summed E-state index contributed by atoms with van der Waals surface area (Å²) in [7, 11) is 0. The summed E-state index contributed by atoms with van der Waals surface area (Å²) in [5, 5.41) is 17.0. The van der Waals surface area contributed by atoms with Gasteiger partial charge in [-0.05, 0) is 18.2 Å². The molecule has 11 heteroatoms. The number of aliphatic hydroxyl groups excluding tert-OH is 1. The summed E-state index contributed by atoms with van der Waals surface area (Å²) in [6, 6.07) is 6.69. The van der Waals surface area contributed by atoms with Crippen LogP contribution in [-0.4, -0.2) is 67.2 Å². The molecule has 0 amide bonds. The summed E-state index contributed by atoms with van der Waals surface area (Å²) in [5.41, 5.74) is 2.38. The number of nitrogens with zero attached hydrogens (tertiary/aromatic N) is 6. The Hall–Kier alpha value is -3.57. The van der Waals surface area contributed by atoms with Crippen molar-refractivity contribution in [1.82, 2.24) is 29.7 Å². The molecule has 6 rings (SSSR count). The molecule has 2 aliphatic heterocycles. The lowest BCUT2D eigenvalue weighted by Crippen LogP contribution is -2.26. The third-order valence-corrected chi connectivity index (χ3v) is 6.51. The minimum atomic E-state index is -0.337. The zero-order valence-electron chi connectivity index (χ0n) is 17.7. The molecule has 4 aromatic rings. The van der Waals surface area contributed by atoms with E-state index in [4.69, 9.17) is 9.72 Å². The average molecular weight is 450 g/mol. The number of aromatic nitrogens is 6. The molecular formula is C22H23FN8O2. The maximum absolute atomic E-state index is 14.7. The van der Waals surface area contributed by atoms with Crippen LogP contribution >= 0.6 is 0 Å². The molecule has 3 N–H and O–H groups in total. The van der Waals surface area contributed by atoms with Crippen molar-refractivity contribution in [3.05, 3.63) is 54.4 Å². The normalized spacial score (nSPS) is 22.2. The molecule has 3 aromatic heterocycles. The lowest BCUT2D eigenvalue weighted by atomic mass is 9.94. The first-order valence-electron chi connectivity index (χ1n) is 10.9. The Balaban J connectivity index is 1.29. The van der Waals surface area contributed by atoms with Crippen molar-refractivity contribution in [1.29, 1.82) is 0 Å². The van der Waals surface area contributed by atoms with Gasteiger partial charge in [0, 0.05) is 56.0 Å². The molecular weight excluding hydrogens is 427 g/mol. The lowest BCUT2D eigenvalue weighted by Gasteiger charge is -2.21. The molecule has 33 heavy (non-hydrogen) atoms. The van der Waals surface area contributed by atoms with E-state index in [1.807, 2.05) is 6.07 Å². The van der Waals surface area contributed by atoms with Crippen molar-refractivity contribution < 1.29 is 14.2 Å². The van der Waals surface area contributed by atoms with Crippen LogP contribution in [0.3, 0.4) is 0 Å². The molecule has 5 heterocycles. The summed E-state index contributed by atoms with van der Waals surface area (Å²) < 4.78 is 22.2. The third kappa shape index (κ3) is 3.49. The quantitative estimate of drug-likeness (QED) is 0.407. The average Bonchev–Trinajstić information content (AvgIpc) is 3.62. The van der Waals surface area contributed by atoms with E-state index in [0.29, 0.717) is 36.0 Å². The number of H-pyrrole nitrogens is 1. The lowest BCUT2D eigenvalue weighted by molar-refractivity contribution is 0.107. The van der Waals surface area contributed by atoms with E-state index < -0.39 is 0 Å². The predicted octanol–water partition coefficient (Wildman–Crippen LogP) is 1.73. The van der Waals surface area contributed by atoms with Crippen LogP contribution in [0.5, 0.6) is 0 Å². The number of nitrogens with one attached hydrogen (secondary N) is 2. The zero-order valence-corrected chi connectivity index (χ0v) is 17.7. The number of fused-ring (bicyclic) bond motifs is 2. The number of benzene rings is 1. The van der Waals surface area contributed by atoms with Crippen molar-refractivity contribution in [2.75, 3.05) is 36.5 Å². The number of hydrogen-bond acceptors (Lipinski definition) is 8. The van der Waals surface area contributed by atoms with Gasteiger partial charge in [-0.1, -0.05) is 6.07 Å². The van der Waals surface area contributed by atoms with Gasteiger partial charge in [0.1, 0.15) is 11.3 Å². The summed E-state index contributed by atoms with van der Waals surface area (Å²) in [6.07, 6.45) is 5.08. The Morgan fingerprint density at radius 1 is 1.24 bits per heavy atom. The van der Waals surface area contributed by atoms with Crippen LogP contribution in [0.4, 0.5) is 16.2 Å². The van der Waals surface area contributed by atoms with Gasteiger partial charge in [-0.25, -0.2) is 14.1 Å². The van der Waals surface area contributed by atoms with E-state index in [-0.39, 0.29) is 36.9 Å². The van der Waals surface area contributed by atoms with E-state index in [1.54, 1.807) is 35.5 Å². The number of anilines is 2. The Bertz CT molecular complexity index is 1280. The van der Waals surface area contributed by atoms with Gasteiger partial charge in [0.2, 0.25) is 5.95 Å². The second-order valence-corrected chi connectivity index (χ2v) is 8.40. The smallest absolute Gasteiger partial charge is 0.227 e. The first-order chi connectivity index (χ1) is 16.2. The monoisotopic (exact) mass is 450 g/mol. The summed E-state index contributed by atoms with van der Waals surface area (Å²) in [4.78, 5) is 18.8. The van der Waals surface area contributed by atoms with Crippen LogP contribution in [0.15, 0.2) is 43.0 Å². The highest BCUT2D eigenvalue weighted by Crippen LogP contribution is 2.37. The molecule has 0 aliphatic carbocycles. The highest BCUT2D eigenvalue weighted by Gasteiger charge is 2.44. The number of aromatic amines is 1.